The molecule has 2 aliphatic rings. The van der Waals surface area contributed by atoms with Crippen LogP contribution < -0.4 is 24.2 Å². The molecule has 9 nitrogen and oxygen atoms in total. The fourth-order valence-corrected chi connectivity index (χ4v) is 7.33. The van der Waals surface area contributed by atoms with E-state index in [4.69, 9.17) is 9.97 Å². The van der Waals surface area contributed by atoms with Crippen LogP contribution in [0.4, 0.5) is 11.6 Å². The Kier molecular flexibility index (Phi) is 8.19. The van der Waals surface area contributed by atoms with Crippen LogP contribution in [-0.2, 0) is 0 Å². The van der Waals surface area contributed by atoms with Gasteiger partial charge in [0.05, 0.1) is 0 Å². The van der Waals surface area contributed by atoms with Gasteiger partial charge in [-0.2, -0.15) is 0 Å². The number of aromatic amines is 1. The number of piperazine rings is 1. The van der Waals surface area contributed by atoms with Crippen molar-refractivity contribution in [2.24, 2.45) is 0 Å². The van der Waals surface area contributed by atoms with Crippen molar-refractivity contribution in [2.75, 3.05) is 76.3 Å². The summed E-state index contributed by atoms with van der Waals surface area (Å²) in [6, 6.07) is 8.92. The molecule has 1 aromatic carbocycles. The molecule has 0 amide bonds. The molecule has 192 valence electrons. The zero-order valence-electron chi connectivity index (χ0n) is 21.4. The molecule has 2 saturated heterocycles. The van der Waals surface area contributed by atoms with Gasteiger partial charge in [0.25, 0.3) is 0 Å². The first-order chi connectivity index (χ1) is 17.6. The zero-order chi connectivity index (χ0) is 24.9. The maximum atomic E-state index is 12.7. The molecule has 0 aliphatic carbocycles. The van der Waals surface area contributed by atoms with Crippen LogP contribution in [-0.4, -0.2) is 112 Å². The van der Waals surface area contributed by atoms with Crippen LogP contribution in [0.3, 0.4) is 0 Å². The summed E-state index contributed by atoms with van der Waals surface area (Å²) in [5, 5.41) is 7.20. The molecular weight excluding hydrogens is 515 g/mol. The predicted molar refractivity (Wildman–Crippen MR) is 149 cm³/mol. The quantitative estimate of drug-likeness (QED) is 0.416. The second-order valence-corrected chi connectivity index (χ2v) is 12.8. The van der Waals surface area contributed by atoms with E-state index in [9.17, 15) is 4.79 Å². The summed E-state index contributed by atoms with van der Waals surface area (Å²) >= 11 is -0.812. The van der Waals surface area contributed by atoms with E-state index in [0.717, 1.165) is 75.6 Å². The van der Waals surface area contributed by atoms with Gasteiger partial charge in [0.1, 0.15) is 0 Å². The molecule has 2 fully saturated rings. The van der Waals surface area contributed by atoms with Crippen molar-refractivity contribution in [3.05, 3.63) is 40.8 Å². The van der Waals surface area contributed by atoms with Crippen molar-refractivity contribution in [3.8, 4) is 0 Å². The molecule has 3 aromatic rings. The average Bonchev–Trinajstić information content (AvgIpc) is 3.18. The normalized spacial score (nSPS) is 18.0. The van der Waals surface area contributed by atoms with Gasteiger partial charge in [-0.3, -0.25) is 0 Å². The van der Waals surface area contributed by atoms with Gasteiger partial charge in [0.15, 0.2) is 0 Å². The summed E-state index contributed by atoms with van der Waals surface area (Å²) in [7, 11) is 4.27. The summed E-state index contributed by atoms with van der Waals surface area (Å²) in [4.78, 5) is 32.0. The van der Waals surface area contributed by atoms with Gasteiger partial charge in [-0.05, 0) is 0 Å². The van der Waals surface area contributed by atoms with E-state index < -0.39 is 15.8 Å². The number of rotatable bonds is 7. The fraction of sp³-hybridized carbons (Fsp3) is 0.538. The molecule has 5 rings (SSSR count). The Morgan fingerprint density at radius 2 is 1.64 bits per heavy atom. The third-order valence-electron chi connectivity index (χ3n) is 7.13. The molecule has 1 N–H and O–H groups in total. The number of fused-ring (bicyclic) bond motifs is 1. The van der Waals surface area contributed by atoms with Gasteiger partial charge >= 0.3 is 220 Å². The number of likely N-dealkylation sites (N-methyl/N-ethyl adjacent to an activating group) is 1. The van der Waals surface area contributed by atoms with Crippen LogP contribution in [0, 0.1) is 0 Å². The number of H-pyrrole nitrogens is 1. The molecule has 2 aromatic heterocycles. The number of hydrogen-bond acceptors (Lipinski definition) is 8. The minimum atomic E-state index is -0.812. The van der Waals surface area contributed by atoms with Crippen molar-refractivity contribution in [1.82, 2.24) is 30.0 Å². The molecule has 1 atom stereocenters. The van der Waals surface area contributed by atoms with Crippen LogP contribution in [0.2, 0.25) is 0 Å². The van der Waals surface area contributed by atoms with Crippen LogP contribution in [0.25, 0.3) is 10.9 Å². The number of benzene rings is 1. The summed E-state index contributed by atoms with van der Waals surface area (Å²) in [5.74, 6) is 0.749. The zero-order valence-corrected chi connectivity index (χ0v) is 23.5. The summed E-state index contributed by atoms with van der Waals surface area (Å²) < 4.78 is 2.16. The standard InChI is InChI=1S/C26H37AsN8O/c1-32(2)13-14-33-15-17-34(18-16-33)21-9-7-20(8-10-21)27-24-23-22(19-28-31-25(23)36)29-26(30-24)35-11-5-3-4-6-12-35/h7-10,19,27H,3-6,11-18H2,1-2H3,(H,31,36). The van der Waals surface area contributed by atoms with Crippen molar-refractivity contribution < 1.29 is 0 Å². The predicted octanol–water partition coefficient (Wildman–Crippen LogP) is 0.164. The third-order valence-corrected chi connectivity index (χ3v) is 9.69. The first-order valence-electron chi connectivity index (χ1n) is 13.1. The van der Waals surface area contributed by atoms with E-state index >= 15 is 0 Å². The Morgan fingerprint density at radius 3 is 2.33 bits per heavy atom. The first kappa shape index (κ1) is 25.2. The van der Waals surface area contributed by atoms with E-state index in [1.54, 1.807) is 6.20 Å². The maximum absolute atomic E-state index is 12.7. The third kappa shape index (κ3) is 6.07. The van der Waals surface area contributed by atoms with Gasteiger partial charge in [0.2, 0.25) is 0 Å². The van der Waals surface area contributed by atoms with Crippen LogP contribution in [0.5, 0.6) is 0 Å². The van der Waals surface area contributed by atoms with E-state index in [1.165, 1.54) is 22.9 Å². The van der Waals surface area contributed by atoms with Gasteiger partial charge in [0, 0.05) is 0 Å². The summed E-state index contributed by atoms with van der Waals surface area (Å²) in [6.45, 7) is 8.50. The number of hydrogen-bond donors (Lipinski definition) is 1. The first-order valence-corrected chi connectivity index (χ1v) is 15.2. The Hall–Kier alpha value is -2.48. The molecule has 2 aliphatic heterocycles. The summed E-state index contributed by atoms with van der Waals surface area (Å²) in [6.07, 6.45) is 6.49. The Labute approximate surface area is 219 Å². The molecule has 10 heteroatoms. The van der Waals surface area contributed by atoms with Crippen molar-refractivity contribution in [2.45, 2.75) is 25.7 Å². The number of nitrogens with zero attached hydrogens (tertiary/aromatic N) is 7. The molecule has 4 heterocycles. The second-order valence-electron chi connectivity index (χ2n) is 10.0. The number of aromatic nitrogens is 4. The van der Waals surface area contributed by atoms with Crippen molar-refractivity contribution >= 4 is 47.1 Å². The second kappa shape index (κ2) is 11.7. The Morgan fingerprint density at radius 1 is 0.917 bits per heavy atom. The van der Waals surface area contributed by atoms with E-state index in [2.05, 4.69) is 68.2 Å². The SMILES string of the molecule is CN(C)CCN1CCN(c2ccc([AsH]c3nc(N4CCCCCC4)nc4cn[nH]c(=O)c34)cc2)CC1. The van der Waals surface area contributed by atoms with Crippen molar-refractivity contribution in [1.29, 1.82) is 0 Å². The van der Waals surface area contributed by atoms with E-state index in [-0.39, 0.29) is 5.56 Å². The molecule has 0 radical (unpaired) electrons. The molecule has 0 bridgehead atoms. The van der Waals surface area contributed by atoms with E-state index in [1.807, 2.05) is 0 Å². The van der Waals surface area contributed by atoms with E-state index in [0.29, 0.717) is 10.9 Å². The van der Waals surface area contributed by atoms with Gasteiger partial charge in [-0.1, -0.05) is 0 Å². The number of nitrogens with one attached hydrogen (secondary N) is 1. The van der Waals surface area contributed by atoms with Crippen molar-refractivity contribution in [3.63, 3.8) is 0 Å². The fourth-order valence-electron chi connectivity index (χ4n) is 4.96. The molecule has 1 unspecified atom stereocenters. The van der Waals surface area contributed by atoms with Gasteiger partial charge in [-0.15, -0.1) is 0 Å². The van der Waals surface area contributed by atoms with Crippen LogP contribution >= 0.6 is 0 Å². The van der Waals surface area contributed by atoms with Gasteiger partial charge < -0.3 is 0 Å². The van der Waals surface area contributed by atoms with Crippen LogP contribution in [0.15, 0.2) is 35.3 Å². The summed E-state index contributed by atoms with van der Waals surface area (Å²) in [5.41, 5.74) is 1.73. The minimum absolute atomic E-state index is 0.197. The Bertz CT molecular complexity index is 1200. The van der Waals surface area contributed by atoms with Gasteiger partial charge in [-0.25, -0.2) is 0 Å². The molecule has 0 spiro atoms. The monoisotopic (exact) mass is 552 g/mol. The molecule has 0 saturated carbocycles. The number of anilines is 2. The topological polar surface area (TPSA) is 84.5 Å². The molecular formula is C26H37AsN8O. The van der Waals surface area contributed by atoms with Crippen LogP contribution in [0.1, 0.15) is 25.7 Å². The molecule has 36 heavy (non-hydrogen) atoms. The Balaban J connectivity index is 1.32. The average molecular weight is 553 g/mol.